The lowest BCUT2D eigenvalue weighted by atomic mass is 10.1. The first-order valence-electron chi connectivity index (χ1n) is 7.63. The maximum absolute atomic E-state index is 12.0. The van der Waals surface area contributed by atoms with Crippen molar-refractivity contribution in [1.82, 2.24) is 9.88 Å². The van der Waals surface area contributed by atoms with Crippen molar-refractivity contribution < 1.29 is 14.3 Å². The number of benzene rings is 1. The van der Waals surface area contributed by atoms with Crippen molar-refractivity contribution in [2.45, 2.75) is 26.3 Å². The Balaban J connectivity index is 1.88. The number of hydrogen-bond acceptors (Lipinski definition) is 3. The smallest absolute Gasteiger partial charge is 0.220 e. The Morgan fingerprint density at radius 3 is 2.30 bits per heavy atom. The van der Waals surface area contributed by atoms with Gasteiger partial charge in [-0.2, -0.15) is 0 Å². The number of nitrogens with one attached hydrogen (secondary N) is 1. The van der Waals surface area contributed by atoms with Crippen LogP contribution in [0.15, 0.2) is 30.3 Å². The summed E-state index contributed by atoms with van der Waals surface area (Å²) in [6.45, 7) is 2.59. The summed E-state index contributed by atoms with van der Waals surface area (Å²) in [5, 5.41) is 2.96. The molecule has 0 unspecified atom stereocenters. The SMILES string of the molecule is COc1cc(CCC(=O)NCc2ccc(C)n2C)cc(OC)c1. The number of aromatic nitrogens is 1. The Labute approximate surface area is 137 Å². The van der Waals surface area contributed by atoms with Crippen LogP contribution in [0, 0.1) is 6.92 Å². The van der Waals surface area contributed by atoms with E-state index < -0.39 is 0 Å². The third-order valence-electron chi connectivity index (χ3n) is 4.00. The van der Waals surface area contributed by atoms with Gasteiger partial charge in [0.1, 0.15) is 11.5 Å². The number of aryl methyl sites for hydroxylation is 2. The van der Waals surface area contributed by atoms with E-state index in [0.717, 1.165) is 22.8 Å². The highest BCUT2D eigenvalue weighted by Crippen LogP contribution is 2.23. The molecule has 1 heterocycles. The molecule has 1 N–H and O–H groups in total. The molecule has 2 rings (SSSR count). The zero-order valence-corrected chi connectivity index (χ0v) is 14.2. The third kappa shape index (κ3) is 4.52. The van der Waals surface area contributed by atoms with Crippen molar-refractivity contribution in [1.29, 1.82) is 0 Å². The van der Waals surface area contributed by atoms with Gasteiger partial charge in [-0.25, -0.2) is 0 Å². The predicted octanol–water partition coefficient (Wildman–Crippen LogP) is 2.60. The highest BCUT2D eigenvalue weighted by molar-refractivity contribution is 5.76. The fraction of sp³-hybridized carbons (Fsp3) is 0.389. The fourth-order valence-electron chi connectivity index (χ4n) is 2.39. The quantitative estimate of drug-likeness (QED) is 0.854. The first-order valence-corrected chi connectivity index (χ1v) is 7.63. The van der Waals surface area contributed by atoms with Gasteiger partial charge in [0.05, 0.1) is 20.8 Å². The molecule has 1 amide bonds. The zero-order valence-electron chi connectivity index (χ0n) is 14.2. The summed E-state index contributed by atoms with van der Waals surface area (Å²) in [7, 11) is 5.24. The first kappa shape index (κ1) is 16.9. The van der Waals surface area contributed by atoms with E-state index in [9.17, 15) is 4.79 Å². The van der Waals surface area contributed by atoms with Gasteiger partial charge >= 0.3 is 0 Å². The molecule has 0 atom stereocenters. The van der Waals surface area contributed by atoms with E-state index in [1.54, 1.807) is 14.2 Å². The monoisotopic (exact) mass is 316 g/mol. The molecule has 0 radical (unpaired) electrons. The minimum absolute atomic E-state index is 0.0330. The largest absolute Gasteiger partial charge is 0.497 e. The summed E-state index contributed by atoms with van der Waals surface area (Å²) in [6.07, 6.45) is 1.07. The molecular weight excluding hydrogens is 292 g/mol. The summed E-state index contributed by atoms with van der Waals surface area (Å²) in [5.41, 5.74) is 3.29. The second-order valence-corrected chi connectivity index (χ2v) is 5.52. The van der Waals surface area contributed by atoms with Crippen LogP contribution in [0.5, 0.6) is 11.5 Å². The standard InChI is InChI=1S/C18H24N2O3/c1-13-5-7-15(20(13)2)12-19-18(21)8-6-14-9-16(22-3)11-17(10-14)23-4/h5,7,9-11H,6,8,12H2,1-4H3,(H,19,21). The van der Waals surface area contributed by atoms with Gasteiger partial charge in [-0.15, -0.1) is 0 Å². The summed E-state index contributed by atoms with van der Waals surface area (Å²) < 4.78 is 12.6. The molecule has 5 heteroatoms. The average molecular weight is 316 g/mol. The summed E-state index contributed by atoms with van der Waals surface area (Å²) >= 11 is 0. The van der Waals surface area contributed by atoms with Gasteiger partial charge in [0.15, 0.2) is 0 Å². The van der Waals surface area contributed by atoms with Crippen molar-refractivity contribution in [3.8, 4) is 11.5 Å². The van der Waals surface area contributed by atoms with E-state index in [2.05, 4.69) is 9.88 Å². The minimum Gasteiger partial charge on any atom is -0.497 e. The number of nitrogens with zero attached hydrogens (tertiary/aromatic N) is 1. The lowest BCUT2D eigenvalue weighted by Gasteiger charge is -2.09. The molecule has 0 aliphatic carbocycles. The van der Waals surface area contributed by atoms with E-state index >= 15 is 0 Å². The van der Waals surface area contributed by atoms with E-state index in [-0.39, 0.29) is 5.91 Å². The minimum atomic E-state index is 0.0330. The first-order chi connectivity index (χ1) is 11.0. The summed E-state index contributed by atoms with van der Waals surface area (Å²) in [6, 6.07) is 9.75. The molecule has 0 saturated heterocycles. The van der Waals surface area contributed by atoms with Gasteiger partial charge in [0.25, 0.3) is 0 Å². The Bertz CT molecular complexity index is 655. The number of ether oxygens (including phenoxy) is 2. The summed E-state index contributed by atoms with van der Waals surface area (Å²) in [4.78, 5) is 12.0. The van der Waals surface area contributed by atoms with Crippen molar-refractivity contribution in [3.63, 3.8) is 0 Å². The predicted molar refractivity (Wildman–Crippen MR) is 89.9 cm³/mol. The Morgan fingerprint density at radius 2 is 1.78 bits per heavy atom. The molecule has 0 saturated carbocycles. The van der Waals surface area contributed by atoms with Crippen LogP contribution in [0.2, 0.25) is 0 Å². The van der Waals surface area contributed by atoms with Crippen LogP contribution < -0.4 is 14.8 Å². The van der Waals surface area contributed by atoms with Crippen LogP contribution in [0.3, 0.4) is 0 Å². The molecule has 0 aliphatic heterocycles. The second kappa shape index (κ2) is 7.72. The van der Waals surface area contributed by atoms with Gasteiger partial charge < -0.3 is 19.4 Å². The van der Waals surface area contributed by atoms with Gasteiger partial charge in [-0.1, -0.05) is 0 Å². The van der Waals surface area contributed by atoms with Crippen LogP contribution in [0.4, 0.5) is 0 Å². The molecule has 1 aromatic heterocycles. The highest BCUT2D eigenvalue weighted by Gasteiger charge is 2.07. The molecule has 1 aromatic carbocycles. The van der Waals surface area contributed by atoms with E-state index in [1.807, 2.05) is 44.3 Å². The fourth-order valence-corrected chi connectivity index (χ4v) is 2.39. The number of amides is 1. The summed E-state index contributed by atoms with van der Waals surface area (Å²) in [5.74, 6) is 1.50. The van der Waals surface area contributed by atoms with Crippen molar-refractivity contribution >= 4 is 5.91 Å². The topological polar surface area (TPSA) is 52.5 Å². The zero-order chi connectivity index (χ0) is 16.8. The van der Waals surface area contributed by atoms with Gasteiger partial charge in [-0.3, -0.25) is 4.79 Å². The number of methoxy groups -OCH3 is 2. The molecule has 5 nitrogen and oxygen atoms in total. The van der Waals surface area contributed by atoms with Gasteiger partial charge in [-0.05, 0) is 43.2 Å². The van der Waals surface area contributed by atoms with Crippen LogP contribution in [0.1, 0.15) is 23.4 Å². The van der Waals surface area contributed by atoms with Crippen molar-refractivity contribution in [3.05, 3.63) is 47.3 Å². The van der Waals surface area contributed by atoms with Crippen molar-refractivity contribution in [2.24, 2.45) is 7.05 Å². The molecule has 0 fully saturated rings. The third-order valence-corrected chi connectivity index (χ3v) is 4.00. The number of carbonyl (C=O) groups excluding carboxylic acids is 1. The van der Waals surface area contributed by atoms with Crippen LogP contribution >= 0.6 is 0 Å². The van der Waals surface area contributed by atoms with Crippen LogP contribution in [-0.2, 0) is 24.8 Å². The maximum atomic E-state index is 12.0. The molecule has 2 aromatic rings. The maximum Gasteiger partial charge on any atom is 0.220 e. The molecule has 124 valence electrons. The number of hydrogen-bond donors (Lipinski definition) is 1. The van der Waals surface area contributed by atoms with E-state index in [1.165, 1.54) is 5.69 Å². The van der Waals surface area contributed by atoms with E-state index in [4.69, 9.17) is 9.47 Å². The lowest BCUT2D eigenvalue weighted by Crippen LogP contribution is -2.24. The normalized spacial score (nSPS) is 10.4. The Hall–Kier alpha value is -2.43. The lowest BCUT2D eigenvalue weighted by molar-refractivity contribution is -0.121. The Morgan fingerprint density at radius 1 is 1.13 bits per heavy atom. The number of rotatable bonds is 7. The molecule has 0 bridgehead atoms. The Kier molecular flexibility index (Phi) is 5.68. The second-order valence-electron chi connectivity index (χ2n) is 5.52. The molecular formula is C18H24N2O3. The van der Waals surface area contributed by atoms with Crippen LogP contribution in [0.25, 0.3) is 0 Å². The highest BCUT2D eigenvalue weighted by atomic mass is 16.5. The van der Waals surface area contributed by atoms with Crippen LogP contribution in [-0.4, -0.2) is 24.7 Å². The number of carbonyl (C=O) groups is 1. The molecule has 0 aliphatic rings. The van der Waals surface area contributed by atoms with Gasteiger partial charge in [0, 0.05) is 30.9 Å². The van der Waals surface area contributed by atoms with Gasteiger partial charge in [0.2, 0.25) is 5.91 Å². The van der Waals surface area contributed by atoms with Crippen molar-refractivity contribution in [2.75, 3.05) is 14.2 Å². The molecule has 0 spiro atoms. The van der Waals surface area contributed by atoms with E-state index in [0.29, 0.717) is 19.4 Å². The average Bonchev–Trinajstić information content (AvgIpc) is 2.89. The molecule has 23 heavy (non-hydrogen) atoms.